The number of unbranched alkanes of at least 4 members (excludes halogenated alkanes) is 2. The Bertz CT molecular complexity index is 4590. The summed E-state index contributed by atoms with van der Waals surface area (Å²) in [5.41, 5.74) is 23.9. The van der Waals surface area contributed by atoms with Crippen LogP contribution in [0.2, 0.25) is 0 Å². The Morgan fingerprint density at radius 1 is 0.390 bits per heavy atom. The first-order valence-corrected chi connectivity index (χ1v) is 36.3. The molecule has 0 spiro atoms. The number of halogens is 2. The predicted octanol–water partition coefficient (Wildman–Crippen LogP) is 22.0. The predicted molar refractivity (Wildman–Crippen MR) is 423 cm³/mol. The maximum absolute atomic E-state index is 13.9. The molecule has 12 nitrogen and oxygen atoms in total. The summed E-state index contributed by atoms with van der Waals surface area (Å²) in [6.45, 7) is 44.7. The van der Waals surface area contributed by atoms with Gasteiger partial charge in [0.05, 0.1) is 22.5 Å². The fourth-order valence-electron chi connectivity index (χ4n) is 12.6. The summed E-state index contributed by atoms with van der Waals surface area (Å²) in [5, 5.41) is 8.27. The number of hydrogen-bond acceptors (Lipinski definition) is 10. The molecule has 100 heavy (non-hydrogen) atoms. The number of nitrogens with two attached hydrogens (primary N) is 2. The molecule has 0 atom stereocenters. The average Bonchev–Trinajstić information content (AvgIpc) is 0.736. The normalized spacial score (nSPS) is 13.8. The summed E-state index contributed by atoms with van der Waals surface area (Å²) in [5.74, 6) is -2.22. The lowest BCUT2D eigenvalue weighted by Gasteiger charge is -2.34. The fourth-order valence-corrected chi connectivity index (χ4v) is 13.5. The minimum atomic E-state index is -0.582. The van der Waals surface area contributed by atoms with E-state index in [2.05, 4.69) is 223 Å². The van der Waals surface area contributed by atoms with Crippen LogP contribution in [0.15, 0.2) is 155 Å². The maximum atomic E-state index is 13.9. The lowest BCUT2D eigenvalue weighted by molar-refractivity contribution is 0.0390. The van der Waals surface area contributed by atoms with Crippen molar-refractivity contribution in [1.29, 1.82) is 0 Å². The largest absolute Gasteiger partial charge is 0.398 e. The number of esters is 2. The molecule has 0 fully saturated rings. The Hall–Kier alpha value is -8.30. The number of cyclic esters (lactones) is 2. The number of hydrogen-bond donors (Lipinski definition) is 3. The van der Waals surface area contributed by atoms with E-state index in [1.807, 2.05) is 78.9 Å². The van der Waals surface area contributed by atoms with Crippen molar-refractivity contribution >= 4 is 122 Å². The molecule has 3 aliphatic heterocycles. The number of nitrogens with one attached hydrogen (secondary N) is 1. The molecular weight excluding hydrogens is 1370 g/mol. The monoisotopic (exact) mass is 1470 g/mol. The first-order valence-electron chi connectivity index (χ1n) is 34.7. The zero-order valence-corrected chi connectivity index (χ0v) is 65.4. The van der Waals surface area contributed by atoms with Crippen molar-refractivity contribution in [2.45, 2.75) is 197 Å². The molecule has 9 aromatic carbocycles. The van der Waals surface area contributed by atoms with Gasteiger partial charge in [0.1, 0.15) is 0 Å². The molecule has 12 rings (SSSR count). The van der Waals surface area contributed by atoms with Crippen LogP contribution in [0.3, 0.4) is 0 Å². The van der Waals surface area contributed by atoms with Crippen LogP contribution >= 0.6 is 31.9 Å². The van der Waals surface area contributed by atoms with Crippen LogP contribution < -0.4 is 26.6 Å². The van der Waals surface area contributed by atoms with Crippen molar-refractivity contribution in [2.24, 2.45) is 5.73 Å². The van der Waals surface area contributed by atoms with Gasteiger partial charge in [-0.05, 0) is 169 Å². The van der Waals surface area contributed by atoms with Crippen LogP contribution in [0, 0.1) is 0 Å². The molecule has 0 radical (unpaired) electrons. The van der Waals surface area contributed by atoms with Crippen molar-refractivity contribution in [3.8, 4) is 0 Å². The Labute approximate surface area is 609 Å². The maximum Gasteiger partial charge on any atom is 0.346 e. The van der Waals surface area contributed by atoms with Crippen molar-refractivity contribution in [3.05, 3.63) is 221 Å². The van der Waals surface area contributed by atoms with Gasteiger partial charge in [-0.1, -0.05) is 256 Å². The molecule has 526 valence electrons. The van der Waals surface area contributed by atoms with Gasteiger partial charge in [0.15, 0.2) is 0 Å². The molecule has 0 saturated carbocycles. The molecule has 9 aromatic rings. The smallest absolute Gasteiger partial charge is 0.346 e. The van der Waals surface area contributed by atoms with E-state index in [9.17, 15) is 28.8 Å². The van der Waals surface area contributed by atoms with Gasteiger partial charge in [-0.2, -0.15) is 0 Å². The molecule has 0 unspecified atom stereocenters. The number of ether oxygens (including phenoxy) is 1. The van der Waals surface area contributed by atoms with Gasteiger partial charge in [0, 0.05) is 70.7 Å². The first kappa shape index (κ1) is 77.4. The van der Waals surface area contributed by atoms with Gasteiger partial charge in [-0.25, -0.2) is 19.4 Å². The van der Waals surface area contributed by atoms with Crippen LogP contribution in [0.5, 0.6) is 0 Å². The third kappa shape index (κ3) is 16.5. The highest BCUT2D eigenvalue weighted by Crippen LogP contribution is 2.45. The molecule has 0 aromatic heterocycles. The van der Waals surface area contributed by atoms with E-state index in [-0.39, 0.29) is 56.1 Å². The Morgan fingerprint density at radius 2 is 0.730 bits per heavy atom. The van der Waals surface area contributed by atoms with Gasteiger partial charge < -0.3 is 21.5 Å². The van der Waals surface area contributed by atoms with E-state index in [0.29, 0.717) is 50.1 Å². The highest BCUT2D eigenvalue weighted by atomic mass is 79.9. The van der Waals surface area contributed by atoms with Crippen LogP contribution in [0.1, 0.15) is 260 Å². The van der Waals surface area contributed by atoms with E-state index in [1.165, 1.54) is 33.8 Å². The van der Waals surface area contributed by atoms with E-state index >= 15 is 0 Å². The van der Waals surface area contributed by atoms with E-state index < -0.39 is 11.9 Å². The molecule has 3 heterocycles. The lowest BCUT2D eigenvalue weighted by atomic mass is 9.80. The number of benzene rings is 9. The molecule has 0 aliphatic carbocycles. The van der Waals surface area contributed by atoms with Gasteiger partial charge in [0.2, 0.25) is 0 Å². The van der Waals surface area contributed by atoms with Crippen LogP contribution in [-0.2, 0) is 37.2 Å². The van der Waals surface area contributed by atoms with E-state index in [4.69, 9.17) is 11.5 Å². The SMILES string of the molecule is CC(C)(C)c1ccc(C(C)(C)C)c(N)c1.CC(C)(C)c1ccc(C(C)(C)C)c(N2C(=O)c3cccc4c(Br)ccc(c34)C2=O)c1.CCCCN.CCCCNc1ccc2c3c(cccc13)C(=O)N(c1cc(C(C)(C)C)ccc1C(C)(C)C)C2=O.O=C1OC(=O)c2ccc(Br)c3cccc1c23. The van der Waals surface area contributed by atoms with Crippen LogP contribution in [0.25, 0.3) is 32.3 Å². The zero-order chi connectivity index (χ0) is 74.1. The lowest BCUT2D eigenvalue weighted by Crippen LogP contribution is -2.42. The highest BCUT2D eigenvalue weighted by Gasteiger charge is 2.40. The topological polar surface area (TPSA) is 182 Å². The van der Waals surface area contributed by atoms with E-state index in [1.54, 1.807) is 24.3 Å². The summed E-state index contributed by atoms with van der Waals surface area (Å²) in [7, 11) is 0. The summed E-state index contributed by atoms with van der Waals surface area (Å²) in [6.07, 6.45) is 4.55. The van der Waals surface area contributed by atoms with Gasteiger partial charge in [0.25, 0.3) is 23.6 Å². The molecule has 0 bridgehead atoms. The number of carbonyl (C=O) groups excluding carboxylic acids is 6. The molecule has 3 aliphatic rings. The van der Waals surface area contributed by atoms with Crippen molar-refractivity contribution in [3.63, 3.8) is 0 Å². The quantitative estimate of drug-likeness (QED) is 0.0435. The second kappa shape index (κ2) is 30.1. The number of nitrogen functional groups attached to an aromatic ring is 1. The molecule has 0 saturated heterocycles. The molecule has 14 heteroatoms. The van der Waals surface area contributed by atoms with Crippen molar-refractivity contribution < 1.29 is 33.5 Å². The molecular formula is C86H101Br2N5O7. The number of nitrogens with zero attached hydrogens (tertiary/aromatic N) is 2. The van der Waals surface area contributed by atoms with Crippen LogP contribution in [-0.4, -0.2) is 48.7 Å². The summed E-state index contributed by atoms with van der Waals surface area (Å²) >= 11 is 6.95. The second-order valence-electron chi connectivity index (χ2n) is 32.3. The average molecular weight is 1480 g/mol. The molecule has 4 amide bonds. The third-order valence-corrected chi connectivity index (χ3v) is 19.7. The summed E-state index contributed by atoms with van der Waals surface area (Å²) < 4.78 is 6.38. The standard InChI is InChI=1S/C30H36N2O2.C26H26BrNO2.C14H23N.C12H5BrO3.C4H11N/c1-8-9-17-31-24-16-14-22-26-20(24)11-10-12-21(26)27(33)32(28(22)34)25-18-19(29(2,3)4)13-15-23(25)30(5,6)7;1-25(2,3)15-10-12-19(26(4,5)6)21(14-15)28-23(29)17-9-7-8-16-20(27)13-11-18(22(16)17)24(28)30;1-13(2,3)10-7-8-11(12(15)9-10)14(4,5)6;13-9-5-4-8-10-6(9)2-1-3-7(10)11(14)16-12(8)15;1-2-3-4-5/h10-16,18,31H,8-9,17H2,1-7H3;7-14H,1-6H3;7-9H,15H2,1-6H3;1-5H;2-5H2,1H3. The zero-order valence-electron chi connectivity index (χ0n) is 62.3. The minimum Gasteiger partial charge on any atom is -0.398 e. The first-order chi connectivity index (χ1) is 46.6. The minimum absolute atomic E-state index is 0.101. The van der Waals surface area contributed by atoms with Crippen LogP contribution in [0.4, 0.5) is 22.7 Å². The third-order valence-electron chi connectivity index (χ3n) is 18.3. The number of amides is 4. The number of carbonyl (C=O) groups is 6. The second-order valence-corrected chi connectivity index (χ2v) is 34.0. The number of anilines is 4. The van der Waals surface area contributed by atoms with Crippen molar-refractivity contribution in [2.75, 3.05) is 33.9 Å². The highest BCUT2D eigenvalue weighted by molar-refractivity contribution is 9.11. The van der Waals surface area contributed by atoms with Gasteiger partial charge in [-0.3, -0.25) is 19.2 Å². The summed E-state index contributed by atoms with van der Waals surface area (Å²) in [4.78, 5) is 81.0. The van der Waals surface area contributed by atoms with E-state index in [0.717, 1.165) is 95.4 Å². The number of rotatable bonds is 8. The number of imide groups is 2. The Kier molecular flexibility index (Phi) is 23.3. The van der Waals surface area contributed by atoms with Gasteiger partial charge in [-0.15, -0.1) is 0 Å². The van der Waals surface area contributed by atoms with Gasteiger partial charge >= 0.3 is 11.9 Å². The molecule has 5 N–H and O–H groups in total. The Balaban J connectivity index is 0.000000174. The Morgan fingerprint density at radius 3 is 1.11 bits per heavy atom. The van der Waals surface area contributed by atoms with Crippen molar-refractivity contribution in [1.82, 2.24) is 0 Å². The summed E-state index contributed by atoms with van der Waals surface area (Å²) in [6, 6.07) is 46.5. The fraction of sp³-hybridized carbons (Fsp3) is 0.372.